The monoisotopic (exact) mass is 617 g/mol. The molecular formula is C32H20BrClF3N3. The van der Waals surface area contributed by atoms with E-state index in [1.54, 1.807) is 0 Å². The topological polar surface area (TPSA) is 31.9 Å². The lowest BCUT2D eigenvalue weighted by Gasteiger charge is -2.27. The molecule has 3 nitrogen and oxygen atoms in total. The van der Waals surface area contributed by atoms with Crippen LogP contribution in [0.4, 0.5) is 30.5 Å². The quantitative estimate of drug-likeness (QED) is 0.213. The SMILES string of the molecule is FC(F)(F)c1cc(Cl)c2[nH]c(N(c3ccccc3-c3ccccc3)c3ccc4c5c(ccc(Br)c35)CC4)nc2c1. The van der Waals surface area contributed by atoms with Crippen molar-refractivity contribution in [3.8, 4) is 11.1 Å². The first-order chi connectivity index (χ1) is 19.3. The Kier molecular flexibility index (Phi) is 5.91. The molecule has 1 aliphatic carbocycles. The minimum atomic E-state index is -4.54. The van der Waals surface area contributed by atoms with Crippen molar-refractivity contribution in [2.75, 3.05) is 4.90 Å². The molecule has 1 aliphatic rings. The number of para-hydroxylation sites is 1. The molecule has 1 heterocycles. The van der Waals surface area contributed by atoms with Gasteiger partial charge in [0.1, 0.15) is 0 Å². The molecule has 0 amide bonds. The van der Waals surface area contributed by atoms with Crippen LogP contribution in [0, 0.1) is 0 Å². The number of anilines is 3. The molecule has 0 saturated carbocycles. The van der Waals surface area contributed by atoms with Gasteiger partial charge < -0.3 is 4.98 Å². The Bertz CT molecular complexity index is 1920. The number of benzene rings is 5. The first kappa shape index (κ1) is 25.2. The van der Waals surface area contributed by atoms with Crippen molar-refractivity contribution in [1.82, 2.24) is 9.97 Å². The lowest BCUT2D eigenvalue weighted by atomic mass is 10.00. The summed E-state index contributed by atoms with van der Waals surface area (Å²) in [5, 5.41) is 2.18. The van der Waals surface area contributed by atoms with Crippen molar-refractivity contribution in [1.29, 1.82) is 0 Å². The van der Waals surface area contributed by atoms with Crippen LogP contribution in [0.5, 0.6) is 0 Å². The van der Waals surface area contributed by atoms with Gasteiger partial charge in [-0.15, -0.1) is 0 Å². The molecule has 0 spiro atoms. The van der Waals surface area contributed by atoms with Crippen LogP contribution in [-0.4, -0.2) is 9.97 Å². The van der Waals surface area contributed by atoms with Crippen LogP contribution in [0.15, 0.2) is 95.5 Å². The molecule has 0 fully saturated rings. The number of imidazole rings is 1. The summed E-state index contributed by atoms with van der Waals surface area (Å²) in [5.41, 5.74) is 5.81. The summed E-state index contributed by atoms with van der Waals surface area (Å²) in [4.78, 5) is 9.93. The number of nitrogens with one attached hydrogen (secondary N) is 1. The number of hydrogen-bond donors (Lipinski definition) is 1. The molecular weight excluding hydrogens is 599 g/mol. The Morgan fingerprint density at radius 1 is 0.800 bits per heavy atom. The largest absolute Gasteiger partial charge is 0.416 e. The third kappa shape index (κ3) is 4.07. The number of aryl methyl sites for hydroxylation is 2. The van der Waals surface area contributed by atoms with Crippen molar-refractivity contribution < 1.29 is 13.2 Å². The number of hydrogen-bond acceptors (Lipinski definition) is 2. The molecule has 8 heteroatoms. The number of nitrogens with zero attached hydrogens (tertiary/aromatic N) is 2. The van der Waals surface area contributed by atoms with Gasteiger partial charge in [-0.25, -0.2) is 4.98 Å². The van der Waals surface area contributed by atoms with Crippen molar-refractivity contribution in [3.05, 3.63) is 117 Å². The maximum Gasteiger partial charge on any atom is 0.416 e. The number of H-pyrrole nitrogens is 1. The zero-order chi connectivity index (χ0) is 27.6. The summed E-state index contributed by atoms with van der Waals surface area (Å²) >= 11 is 10.2. The van der Waals surface area contributed by atoms with E-state index in [-0.39, 0.29) is 10.5 Å². The fourth-order valence-corrected chi connectivity index (χ4v) is 6.47. The van der Waals surface area contributed by atoms with E-state index in [9.17, 15) is 13.2 Å². The Morgan fingerprint density at radius 3 is 2.25 bits per heavy atom. The Labute approximate surface area is 241 Å². The predicted octanol–water partition coefficient (Wildman–Crippen LogP) is 10.4. The average molecular weight is 619 g/mol. The number of fused-ring (bicyclic) bond motifs is 1. The second kappa shape index (κ2) is 9.39. The maximum absolute atomic E-state index is 13.6. The lowest BCUT2D eigenvalue weighted by Crippen LogP contribution is -2.13. The van der Waals surface area contributed by atoms with E-state index in [4.69, 9.17) is 16.6 Å². The minimum absolute atomic E-state index is 0.0403. The molecule has 0 unspecified atom stereocenters. The fourth-order valence-electron chi connectivity index (χ4n) is 5.67. The first-order valence-electron chi connectivity index (χ1n) is 12.7. The summed E-state index contributed by atoms with van der Waals surface area (Å²) in [6, 6.07) is 28.3. The van der Waals surface area contributed by atoms with Gasteiger partial charge in [-0.1, -0.05) is 88.2 Å². The number of aromatic nitrogens is 2. The lowest BCUT2D eigenvalue weighted by molar-refractivity contribution is -0.137. The second-order valence-electron chi connectivity index (χ2n) is 9.83. The molecule has 5 aromatic carbocycles. The molecule has 198 valence electrons. The second-order valence-corrected chi connectivity index (χ2v) is 11.1. The van der Waals surface area contributed by atoms with E-state index >= 15 is 0 Å². The highest BCUT2D eigenvalue weighted by Gasteiger charge is 2.32. The number of halogens is 5. The van der Waals surface area contributed by atoms with Crippen LogP contribution in [0.2, 0.25) is 5.02 Å². The zero-order valence-electron chi connectivity index (χ0n) is 20.9. The highest BCUT2D eigenvalue weighted by atomic mass is 79.9. The van der Waals surface area contributed by atoms with E-state index in [0.717, 1.165) is 57.3 Å². The van der Waals surface area contributed by atoms with Crippen molar-refractivity contribution >= 4 is 66.7 Å². The number of rotatable bonds is 4. The van der Waals surface area contributed by atoms with Gasteiger partial charge in [-0.3, -0.25) is 4.90 Å². The van der Waals surface area contributed by atoms with Crippen LogP contribution in [0.1, 0.15) is 16.7 Å². The van der Waals surface area contributed by atoms with E-state index < -0.39 is 11.7 Å². The molecule has 0 aliphatic heterocycles. The zero-order valence-corrected chi connectivity index (χ0v) is 23.2. The maximum atomic E-state index is 13.6. The summed E-state index contributed by atoms with van der Waals surface area (Å²) in [7, 11) is 0. The van der Waals surface area contributed by atoms with Crippen molar-refractivity contribution in [2.45, 2.75) is 19.0 Å². The highest BCUT2D eigenvalue weighted by Crippen LogP contribution is 2.47. The summed E-state index contributed by atoms with van der Waals surface area (Å²) in [5.74, 6) is 0.366. The molecule has 0 bridgehead atoms. The van der Waals surface area contributed by atoms with Gasteiger partial charge in [0.05, 0.1) is 33.0 Å². The molecule has 0 saturated heterocycles. The summed E-state index contributed by atoms with van der Waals surface area (Å²) in [6.45, 7) is 0. The van der Waals surface area contributed by atoms with E-state index in [0.29, 0.717) is 11.5 Å². The highest BCUT2D eigenvalue weighted by molar-refractivity contribution is 9.10. The molecule has 0 radical (unpaired) electrons. The predicted molar refractivity (Wildman–Crippen MR) is 159 cm³/mol. The van der Waals surface area contributed by atoms with Crippen LogP contribution >= 0.6 is 27.5 Å². The Balaban J connectivity index is 1.55. The fraction of sp³-hybridized carbons (Fsp3) is 0.0938. The molecule has 0 atom stereocenters. The standard InChI is InChI=1S/C32H20BrClF3N3/c33-23-14-12-19-10-11-20-13-15-27(29(23)28(19)20)40(26-9-5-4-8-22(26)18-6-2-1-3-7-18)31-38-25-17-21(32(35,36)37)16-24(34)30(25)39-31/h1-9,12-17H,10-11H2,(H,38,39). The molecule has 40 heavy (non-hydrogen) atoms. The van der Waals surface area contributed by atoms with Gasteiger partial charge in [0.2, 0.25) is 5.95 Å². The Morgan fingerprint density at radius 2 is 1.50 bits per heavy atom. The third-order valence-electron chi connectivity index (χ3n) is 7.47. The number of alkyl halides is 3. The first-order valence-corrected chi connectivity index (χ1v) is 13.9. The normalized spacial score (nSPS) is 12.9. The Hall–Kier alpha value is -3.81. The molecule has 1 aromatic heterocycles. The minimum Gasteiger partial charge on any atom is -0.322 e. The third-order valence-corrected chi connectivity index (χ3v) is 8.43. The van der Waals surface area contributed by atoms with Crippen molar-refractivity contribution in [2.24, 2.45) is 0 Å². The van der Waals surface area contributed by atoms with E-state index in [1.165, 1.54) is 16.5 Å². The van der Waals surface area contributed by atoms with Crippen LogP contribution in [0.3, 0.4) is 0 Å². The average Bonchev–Trinajstić information content (AvgIpc) is 3.57. The van der Waals surface area contributed by atoms with Crippen LogP contribution in [0.25, 0.3) is 32.9 Å². The smallest absolute Gasteiger partial charge is 0.322 e. The van der Waals surface area contributed by atoms with Gasteiger partial charge in [0.15, 0.2) is 0 Å². The van der Waals surface area contributed by atoms with Crippen molar-refractivity contribution in [3.63, 3.8) is 0 Å². The van der Waals surface area contributed by atoms with Gasteiger partial charge in [0.25, 0.3) is 0 Å². The molecule has 6 aromatic rings. The summed E-state index contributed by atoms with van der Waals surface area (Å²) < 4.78 is 41.8. The van der Waals surface area contributed by atoms with Crippen LogP contribution < -0.4 is 4.90 Å². The molecule has 7 rings (SSSR count). The van der Waals surface area contributed by atoms with E-state index in [2.05, 4.69) is 45.2 Å². The molecule has 1 N–H and O–H groups in total. The van der Waals surface area contributed by atoms with E-state index in [1.807, 2.05) is 59.5 Å². The van der Waals surface area contributed by atoms with Gasteiger partial charge >= 0.3 is 6.18 Å². The van der Waals surface area contributed by atoms with Gasteiger partial charge in [-0.2, -0.15) is 13.2 Å². The number of aromatic amines is 1. The van der Waals surface area contributed by atoms with Gasteiger partial charge in [-0.05, 0) is 65.3 Å². The van der Waals surface area contributed by atoms with Crippen LogP contribution in [-0.2, 0) is 19.0 Å². The van der Waals surface area contributed by atoms with Gasteiger partial charge in [0, 0.05) is 15.4 Å². The summed E-state index contributed by atoms with van der Waals surface area (Å²) in [6.07, 6.45) is -2.62.